The van der Waals surface area contributed by atoms with Crippen molar-refractivity contribution in [3.63, 3.8) is 0 Å². The van der Waals surface area contributed by atoms with Gasteiger partial charge in [0.05, 0.1) is 5.56 Å². The van der Waals surface area contributed by atoms with E-state index >= 15 is 0 Å². The fourth-order valence-corrected chi connectivity index (χ4v) is 2.45. The Balaban J connectivity index is 1.82. The van der Waals surface area contributed by atoms with Crippen molar-refractivity contribution in [3.8, 4) is 5.75 Å². The lowest BCUT2D eigenvalue weighted by molar-refractivity contribution is 0.101. The van der Waals surface area contributed by atoms with Crippen LogP contribution in [0.1, 0.15) is 22.8 Å². The zero-order valence-electron chi connectivity index (χ0n) is 12.2. The van der Waals surface area contributed by atoms with Gasteiger partial charge in [-0.1, -0.05) is 42.5 Å². The van der Waals surface area contributed by atoms with Crippen LogP contribution in [-0.4, -0.2) is 5.78 Å². The molecule has 0 N–H and O–H groups in total. The molecule has 0 aliphatic rings. The van der Waals surface area contributed by atoms with Crippen molar-refractivity contribution in [1.82, 2.24) is 0 Å². The number of carbonyl (C=O) groups excluding carboxylic acids is 1. The third kappa shape index (κ3) is 2.84. The summed E-state index contributed by atoms with van der Waals surface area (Å²) in [6, 6.07) is 18.4. The molecule has 3 rings (SSSR count). The van der Waals surface area contributed by atoms with Gasteiger partial charge in [-0.25, -0.2) is 4.39 Å². The molecule has 0 bridgehead atoms. The molecular formula is C19H15FO2. The fraction of sp³-hybridized carbons (Fsp3) is 0.105. The number of ketones is 1. The van der Waals surface area contributed by atoms with Gasteiger partial charge in [-0.2, -0.15) is 0 Å². The van der Waals surface area contributed by atoms with E-state index in [4.69, 9.17) is 4.74 Å². The predicted octanol–water partition coefficient (Wildman–Crippen LogP) is 4.76. The second kappa shape index (κ2) is 5.98. The molecule has 3 aromatic carbocycles. The number of fused-ring (bicyclic) bond motifs is 1. The van der Waals surface area contributed by atoms with Crippen LogP contribution in [0.5, 0.6) is 5.75 Å². The Hall–Kier alpha value is -2.68. The summed E-state index contributed by atoms with van der Waals surface area (Å²) in [4.78, 5) is 11.2. The molecule has 0 aliphatic carbocycles. The Bertz CT molecular complexity index is 834. The van der Waals surface area contributed by atoms with Gasteiger partial charge < -0.3 is 4.74 Å². The summed E-state index contributed by atoms with van der Waals surface area (Å²) < 4.78 is 19.4. The van der Waals surface area contributed by atoms with Gasteiger partial charge in [-0.15, -0.1) is 0 Å². The van der Waals surface area contributed by atoms with Gasteiger partial charge in [-0.05, 0) is 35.4 Å². The third-order valence-corrected chi connectivity index (χ3v) is 3.59. The van der Waals surface area contributed by atoms with Crippen molar-refractivity contribution >= 4 is 16.6 Å². The molecule has 0 aromatic heterocycles. The van der Waals surface area contributed by atoms with Crippen LogP contribution < -0.4 is 4.74 Å². The number of benzene rings is 3. The molecule has 0 fully saturated rings. The van der Waals surface area contributed by atoms with Crippen LogP contribution in [0.3, 0.4) is 0 Å². The van der Waals surface area contributed by atoms with E-state index in [2.05, 4.69) is 0 Å². The van der Waals surface area contributed by atoms with E-state index in [1.54, 1.807) is 6.07 Å². The van der Waals surface area contributed by atoms with Gasteiger partial charge in [0.2, 0.25) is 0 Å². The van der Waals surface area contributed by atoms with Crippen LogP contribution in [-0.2, 0) is 6.61 Å². The summed E-state index contributed by atoms with van der Waals surface area (Å²) in [5.74, 6) is -0.434. The zero-order valence-corrected chi connectivity index (χ0v) is 12.2. The second-order valence-corrected chi connectivity index (χ2v) is 5.12. The molecular weight excluding hydrogens is 279 g/mol. The van der Waals surface area contributed by atoms with Crippen molar-refractivity contribution in [2.75, 3.05) is 0 Å². The van der Waals surface area contributed by atoms with Crippen molar-refractivity contribution < 1.29 is 13.9 Å². The first-order valence-electron chi connectivity index (χ1n) is 7.05. The monoisotopic (exact) mass is 294 g/mol. The SMILES string of the molecule is CC(=O)c1ccc(OCc2cccc3ccccc23)cc1F. The molecule has 2 nitrogen and oxygen atoms in total. The smallest absolute Gasteiger partial charge is 0.162 e. The summed E-state index contributed by atoms with van der Waals surface area (Å²) in [7, 11) is 0. The van der Waals surface area contributed by atoms with Crippen LogP contribution in [0, 0.1) is 5.82 Å². The summed E-state index contributed by atoms with van der Waals surface area (Å²) >= 11 is 0. The summed E-state index contributed by atoms with van der Waals surface area (Å²) in [6.07, 6.45) is 0. The topological polar surface area (TPSA) is 26.3 Å². The highest BCUT2D eigenvalue weighted by atomic mass is 19.1. The van der Waals surface area contributed by atoms with Crippen LogP contribution in [0.25, 0.3) is 10.8 Å². The minimum absolute atomic E-state index is 0.0810. The minimum Gasteiger partial charge on any atom is -0.489 e. The maximum absolute atomic E-state index is 13.8. The molecule has 0 atom stereocenters. The Kier molecular flexibility index (Phi) is 3.88. The van der Waals surface area contributed by atoms with E-state index in [9.17, 15) is 9.18 Å². The maximum Gasteiger partial charge on any atom is 0.162 e. The standard InChI is InChI=1S/C19H15FO2/c1-13(21)17-10-9-16(11-19(17)20)22-12-15-7-4-6-14-5-2-3-8-18(14)15/h2-11H,12H2,1H3. The molecule has 0 unspecified atom stereocenters. The van der Waals surface area contributed by atoms with E-state index < -0.39 is 5.82 Å². The lowest BCUT2D eigenvalue weighted by atomic mass is 10.1. The number of Topliss-reactive ketones (excluding diaryl/α,β-unsaturated/α-hetero) is 1. The van der Waals surface area contributed by atoms with Gasteiger partial charge in [0.25, 0.3) is 0 Å². The Labute approximate surface area is 128 Å². The van der Waals surface area contributed by atoms with Crippen LogP contribution >= 0.6 is 0 Å². The number of carbonyl (C=O) groups is 1. The third-order valence-electron chi connectivity index (χ3n) is 3.59. The summed E-state index contributed by atoms with van der Waals surface area (Å²) in [5, 5.41) is 2.26. The lowest BCUT2D eigenvalue weighted by Crippen LogP contribution is -2.00. The predicted molar refractivity (Wildman–Crippen MR) is 84.7 cm³/mol. The molecule has 3 heteroatoms. The molecule has 0 amide bonds. The van der Waals surface area contributed by atoms with E-state index in [0.717, 1.165) is 16.3 Å². The van der Waals surface area contributed by atoms with E-state index in [0.29, 0.717) is 12.4 Å². The largest absolute Gasteiger partial charge is 0.489 e. The Morgan fingerprint density at radius 3 is 2.59 bits per heavy atom. The van der Waals surface area contributed by atoms with Crippen LogP contribution in [0.4, 0.5) is 4.39 Å². The zero-order chi connectivity index (χ0) is 15.5. The van der Waals surface area contributed by atoms with E-state index in [1.165, 1.54) is 19.1 Å². The van der Waals surface area contributed by atoms with Gasteiger partial charge in [0, 0.05) is 6.07 Å². The van der Waals surface area contributed by atoms with Crippen LogP contribution in [0.15, 0.2) is 60.7 Å². The number of ether oxygens (including phenoxy) is 1. The highest BCUT2D eigenvalue weighted by Gasteiger charge is 2.09. The number of halogens is 1. The van der Waals surface area contributed by atoms with Gasteiger partial charge in [-0.3, -0.25) is 4.79 Å². The molecule has 0 heterocycles. The second-order valence-electron chi connectivity index (χ2n) is 5.12. The van der Waals surface area contributed by atoms with Gasteiger partial charge >= 0.3 is 0 Å². The van der Waals surface area contributed by atoms with E-state index in [-0.39, 0.29) is 11.3 Å². The minimum atomic E-state index is -0.553. The molecule has 22 heavy (non-hydrogen) atoms. The van der Waals surface area contributed by atoms with Crippen molar-refractivity contribution in [2.45, 2.75) is 13.5 Å². The first-order valence-corrected chi connectivity index (χ1v) is 7.05. The first-order chi connectivity index (χ1) is 10.6. The average Bonchev–Trinajstić information content (AvgIpc) is 2.52. The highest BCUT2D eigenvalue weighted by molar-refractivity contribution is 5.94. The number of hydrogen-bond donors (Lipinski definition) is 0. The first kappa shape index (κ1) is 14.3. The van der Waals surface area contributed by atoms with E-state index in [1.807, 2.05) is 42.5 Å². The Morgan fingerprint density at radius 1 is 1.05 bits per heavy atom. The Morgan fingerprint density at radius 2 is 1.82 bits per heavy atom. The summed E-state index contributed by atoms with van der Waals surface area (Å²) in [6.45, 7) is 1.69. The maximum atomic E-state index is 13.8. The summed E-state index contributed by atoms with van der Waals surface area (Å²) in [5.41, 5.74) is 1.12. The molecule has 0 spiro atoms. The number of hydrogen-bond acceptors (Lipinski definition) is 2. The molecule has 0 radical (unpaired) electrons. The fourth-order valence-electron chi connectivity index (χ4n) is 2.45. The normalized spacial score (nSPS) is 10.6. The molecule has 0 saturated heterocycles. The quantitative estimate of drug-likeness (QED) is 0.648. The molecule has 3 aromatic rings. The van der Waals surface area contributed by atoms with Crippen molar-refractivity contribution in [1.29, 1.82) is 0 Å². The molecule has 0 aliphatic heterocycles. The number of rotatable bonds is 4. The molecule has 0 saturated carbocycles. The molecule has 110 valence electrons. The van der Waals surface area contributed by atoms with Crippen LogP contribution in [0.2, 0.25) is 0 Å². The van der Waals surface area contributed by atoms with Crippen molar-refractivity contribution in [2.24, 2.45) is 0 Å². The lowest BCUT2D eigenvalue weighted by Gasteiger charge is -2.10. The van der Waals surface area contributed by atoms with Gasteiger partial charge in [0.15, 0.2) is 5.78 Å². The highest BCUT2D eigenvalue weighted by Crippen LogP contribution is 2.22. The van der Waals surface area contributed by atoms with Gasteiger partial charge in [0.1, 0.15) is 18.2 Å². The van der Waals surface area contributed by atoms with Crippen molar-refractivity contribution in [3.05, 3.63) is 77.6 Å². The average molecular weight is 294 g/mol.